The Morgan fingerprint density at radius 2 is 2.07 bits per heavy atom. The van der Waals surface area contributed by atoms with Crippen molar-refractivity contribution in [3.05, 3.63) is 23.8 Å². The number of aromatic nitrogens is 2. The van der Waals surface area contributed by atoms with Gasteiger partial charge >= 0.3 is 0 Å². The summed E-state index contributed by atoms with van der Waals surface area (Å²) < 4.78 is 0. The molecule has 0 aliphatic carbocycles. The quantitative estimate of drug-likeness (QED) is 0.694. The van der Waals surface area contributed by atoms with Gasteiger partial charge in [0.15, 0.2) is 0 Å². The average Bonchev–Trinajstić information content (AvgIpc) is 2.30. The van der Waals surface area contributed by atoms with Crippen LogP contribution in [0.5, 0.6) is 0 Å². The smallest absolute Gasteiger partial charge is 0.0636 e. The summed E-state index contributed by atoms with van der Waals surface area (Å²) >= 11 is 0. The van der Waals surface area contributed by atoms with Gasteiger partial charge in [0.25, 0.3) is 0 Å². The molecule has 2 bridgehead atoms. The average molecular weight is 203 g/mol. The van der Waals surface area contributed by atoms with E-state index in [0.29, 0.717) is 5.92 Å². The Morgan fingerprint density at radius 3 is 2.67 bits per heavy atom. The predicted octanol–water partition coefficient (Wildman–Crippen LogP) is 1.59. The summed E-state index contributed by atoms with van der Waals surface area (Å²) in [4.78, 5) is 11.5. The van der Waals surface area contributed by atoms with E-state index in [-0.39, 0.29) is 0 Å². The van der Waals surface area contributed by atoms with Crippen molar-refractivity contribution in [1.82, 2.24) is 14.9 Å². The van der Waals surface area contributed by atoms with Gasteiger partial charge in [-0.3, -0.25) is 9.97 Å². The molecule has 3 fully saturated rings. The fraction of sp³-hybridized carbons (Fsp3) is 0.667. The van der Waals surface area contributed by atoms with Crippen molar-refractivity contribution in [3.63, 3.8) is 0 Å². The minimum atomic E-state index is 0.639. The SMILES string of the molecule is Cc1cncc([C@@H]2CN3CCC2CC3)n1. The highest BCUT2D eigenvalue weighted by molar-refractivity contribution is 5.12. The molecule has 0 amide bonds. The molecule has 3 aliphatic rings. The highest BCUT2D eigenvalue weighted by Crippen LogP contribution is 2.37. The molecule has 3 saturated heterocycles. The zero-order chi connectivity index (χ0) is 10.3. The van der Waals surface area contributed by atoms with Crippen molar-refractivity contribution in [2.24, 2.45) is 5.92 Å². The van der Waals surface area contributed by atoms with Crippen LogP contribution in [0.15, 0.2) is 12.4 Å². The first-order valence-corrected chi connectivity index (χ1v) is 5.84. The Balaban J connectivity index is 1.88. The van der Waals surface area contributed by atoms with Crippen molar-refractivity contribution in [3.8, 4) is 0 Å². The third-order valence-corrected chi connectivity index (χ3v) is 3.81. The molecule has 15 heavy (non-hydrogen) atoms. The maximum Gasteiger partial charge on any atom is 0.0636 e. The topological polar surface area (TPSA) is 29.0 Å². The maximum atomic E-state index is 4.63. The van der Waals surface area contributed by atoms with Crippen molar-refractivity contribution < 1.29 is 0 Å². The number of fused-ring (bicyclic) bond motifs is 3. The number of hydrogen-bond acceptors (Lipinski definition) is 3. The van der Waals surface area contributed by atoms with Gasteiger partial charge in [0.1, 0.15) is 0 Å². The van der Waals surface area contributed by atoms with E-state index < -0.39 is 0 Å². The first-order chi connectivity index (χ1) is 7.33. The Bertz CT molecular complexity index is 356. The summed E-state index contributed by atoms with van der Waals surface area (Å²) in [6.07, 6.45) is 6.49. The first kappa shape index (κ1) is 9.28. The van der Waals surface area contributed by atoms with E-state index in [2.05, 4.69) is 14.9 Å². The van der Waals surface area contributed by atoms with Crippen LogP contribution in [0.2, 0.25) is 0 Å². The van der Waals surface area contributed by atoms with Gasteiger partial charge in [-0.25, -0.2) is 0 Å². The number of piperidine rings is 3. The summed E-state index contributed by atoms with van der Waals surface area (Å²) in [6, 6.07) is 0. The molecule has 0 unspecified atom stereocenters. The lowest BCUT2D eigenvalue weighted by Crippen LogP contribution is -2.46. The van der Waals surface area contributed by atoms with Gasteiger partial charge in [-0.1, -0.05) is 0 Å². The van der Waals surface area contributed by atoms with Crippen molar-refractivity contribution in [2.45, 2.75) is 25.7 Å². The largest absolute Gasteiger partial charge is 0.303 e. The summed E-state index contributed by atoms with van der Waals surface area (Å²) in [5.74, 6) is 1.49. The van der Waals surface area contributed by atoms with Crippen LogP contribution in [0, 0.1) is 12.8 Å². The molecule has 0 saturated carbocycles. The van der Waals surface area contributed by atoms with Gasteiger partial charge in [0.2, 0.25) is 0 Å². The fourth-order valence-corrected chi connectivity index (χ4v) is 2.96. The molecule has 0 aromatic carbocycles. The highest BCUT2D eigenvalue weighted by atomic mass is 15.1. The molecule has 3 nitrogen and oxygen atoms in total. The van der Waals surface area contributed by atoms with Crippen molar-refractivity contribution >= 4 is 0 Å². The van der Waals surface area contributed by atoms with Crippen LogP contribution in [0.4, 0.5) is 0 Å². The standard InChI is InChI=1S/C12H17N3/c1-9-6-13-7-12(14-9)11-8-15-4-2-10(11)3-5-15/h6-7,10-11H,2-5,8H2,1H3/t11-/m1/s1. The number of nitrogens with zero attached hydrogens (tertiary/aromatic N) is 3. The molecule has 1 aromatic rings. The van der Waals surface area contributed by atoms with Gasteiger partial charge in [-0.2, -0.15) is 0 Å². The summed E-state index contributed by atoms with van der Waals surface area (Å²) in [7, 11) is 0. The lowest BCUT2D eigenvalue weighted by molar-refractivity contribution is 0.0852. The predicted molar refractivity (Wildman–Crippen MR) is 58.7 cm³/mol. The Hall–Kier alpha value is -0.960. The van der Waals surface area contributed by atoms with Crippen LogP contribution >= 0.6 is 0 Å². The fourth-order valence-electron chi connectivity index (χ4n) is 2.96. The van der Waals surface area contributed by atoms with Crippen molar-refractivity contribution in [1.29, 1.82) is 0 Å². The van der Waals surface area contributed by atoms with Crippen LogP contribution in [0.1, 0.15) is 30.1 Å². The maximum absolute atomic E-state index is 4.63. The molecular formula is C12H17N3. The Morgan fingerprint density at radius 1 is 1.27 bits per heavy atom. The van der Waals surface area contributed by atoms with E-state index in [0.717, 1.165) is 11.6 Å². The van der Waals surface area contributed by atoms with E-state index in [1.165, 1.54) is 38.2 Å². The molecule has 1 aromatic heterocycles. The molecule has 0 radical (unpaired) electrons. The number of rotatable bonds is 1. The van der Waals surface area contributed by atoms with Gasteiger partial charge in [-0.15, -0.1) is 0 Å². The lowest BCUT2D eigenvalue weighted by Gasteiger charge is -2.44. The minimum absolute atomic E-state index is 0.639. The molecule has 4 heterocycles. The van der Waals surface area contributed by atoms with Crippen LogP contribution in [0.3, 0.4) is 0 Å². The molecule has 0 N–H and O–H groups in total. The molecule has 80 valence electrons. The zero-order valence-corrected chi connectivity index (χ0v) is 9.19. The number of hydrogen-bond donors (Lipinski definition) is 0. The molecular weight excluding hydrogens is 186 g/mol. The Kier molecular flexibility index (Phi) is 2.20. The third kappa shape index (κ3) is 1.65. The van der Waals surface area contributed by atoms with E-state index in [1.807, 2.05) is 19.3 Å². The van der Waals surface area contributed by atoms with Crippen LogP contribution < -0.4 is 0 Å². The molecule has 3 heteroatoms. The van der Waals surface area contributed by atoms with E-state index in [1.54, 1.807) is 0 Å². The Labute approximate surface area is 90.5 Å². The van der Waals surface area contributed by atoms with Crippen LogP contribution in [0.25, 0.3) is 0 Å². The second-order valence-electron chi connectivity index (χ2n) is 4.83. The molecule has 3 aliphatic heterocycles. The molecule has 0 spiro atoms. The van der Waals surface area contributed by atoms with E-state index >= 15 is 0 Å². The van der Waals surface area contributed by atoms with Crippen molar-refractivity contribution in [2.75, 3.05) is 19.6 Å². The van der Waals surface area contributed by atoms with Gasteiger partial charge in [0, 0.05) is 24.9 Å². The normalized spacial score (nSPS) is 34.3. The van der Waals surface area contributed by atoms with Gasteiger partial charge in [-0.05, 0) is 38.8 Å². The van der Waals surface area contributed by atoms with Gasteiger partial charge < -0.3 is 4.90 Å². The third-order valence-electron chi connectivity index (χ3n) is 3.81. The minimum Gasteiger partial charge on any atom is -0.303 e. The monoisotopic (exact) mass is 203 g/mol. The first-order valence-electron chi connectivity index (χ1n) is 5.84. The molecule has 1 atom stereocenters. The lowest BCUT2D eigenvalue weighted by atomic mass is 9.77. The highest BCUT2D eigenvalue weighted by Gasteiger charge is 2.35. The van der Waals surface area contributed by atoms with Gasteiger partial charge in [0.05, 0.1) is 11.4 Å². The van der Waals surface area contributed by atoms with Crippen LogP contribution in [-0.4, -0.2) is 34.5 Å². The van der Waals surface area contributed by atoms with Crippen LogP contribution in [-0.2, 0) is 0 Å². The second kappa shape index (κ2) is 3.56. The summed E-state index contributed by atoms with van der Waals surface area (Å²) in [5.41, 5.74) is 2.26. The zero-order valence-electron chi connectivity index (χ0n) is 9.19. The number of aryl methyl sites for hydroxylation is 1. The van der Waals surface area contributed by atoms with E-state index in [4.69, 9.17) is 0 Å². The van der Waals surface area contributed by atoms with E-state index in [9.17, 15) is 0 Å². The summed E-state index contributed by atoms with van der Waals surface area (Å²) in [5, 5.41) is 0. The summed E-state index contributed by atoms with van der Waals surface area (Å²) in [6.45, 7) is 5.81. The second-order valence-corrected chi connectivity index (χ2v) is 4.83. The molecule has 4 rings (SSSR count).